The molecule has 0 radical (unpaired) electrons. The second-order valence-corrected chi connectivity index (χ2v) is 9.14. The van der Waals surface area contributed by atoms with E-state index in [4.69, 9.17) is 9.47 Å². The van der Waals surface area contributed by atoms with Crippen molar-refractivity contribution in [3.05, 3.63) is 83.6 Å². The molecule has 1 aliphatic rings. The number of hydrogen-bond acceptors (Lipinski definition) is 4. The maximum absolute atomic E-state index is 12.0. The molecule has 2 aromatic rings. The van der Waals surface area contributed by atoms with Crippen molar-refractivity contribution in [2.75, 3.05) is 6.61 Å². The molecule has 4 nitrogen and oxygen atoms in total. The van der Waals surface area contributed by atoms with Gasteiger partial charge in [-0.05, 0) is 55.3 Å². The van der Waals surface area contributed by atoms with E-state index < -0.39 is 11.9 Å². The van der Waals surface area contributed by atoms with Crippen molar-refractivity contribution < 1.29 is 19.1 Å². The summed E-state index contributed by atoms with van der Waals surface area (Å²) in [7, 11) is -0.137. The molecule has 0 saturated heterocycles. The van der Waals surface area contributed by atoms with Gasteiger partial charge in [0.15, 0.2) is 21.6 Å². The van der Waals surface area contributed by atoms with Crippen LogP contribution in [0.2, 0.25) is 0 Å². The summed E-state index contributed by atoms with van der Waals surface area (Å²) in [6.07, 6.45) is 2.99. The summed E-state index contributed by atoms with van der Waals surface area (Å²) >= 11 is 0. The van der Waals surface area contributed by atoms with Crippen molar-refractivity contribution in [2.45, 2.75) is 42.2 Å². The highest BCUT2D eigenvalue weighted by atomic mass is 32.2. The highest BCUT2D eigenvalue weighted by Gasteiger charge is 2.37. The van der Waals surface area contributed by atoms with Gasteiger partial charge in [0.2, 0.25) is 0 Å². The Labute approximate surface area is 174 Å². The molecule has 3 rings (SSSR count). The molecular weight excluding hydrogens is 384 g/mol. The molecule has 1 aliphatic carbocycles. The van der Waals surface area contributed by atoms with Gasteiger partial charge in [-0.25, -0.2) is 4.79 Å². The molecular formula is C24H25O4S+. The van der Waals surface area contributed by atoms with Crippen LogP contribution in [0, 0.1) is 0 Å². The third-order valence-corrected chi connectivity index (χ3v) is 7.06. The molecule has 0 aliphatic heterocycles. The van der Waals surface area contributed by atoms with E-state index in [-0.39, 0.29) is 22.8 Å². The Bertz CT molecular complexity index is 892. The van der Waals surface area contributed by atoms with E-state index >= 15 is 0 Å². The molecule has 2 aromatic carbocycles. The predicted octanol–water partition coefficient (Wildman–Crippen LogP) is 4.82. The number of rotatable bonds is 6. The molecule has 0 saturated carbocycles. The largest absolute Gasteiger partial charge is 0.454 e. The summed E-state index contributed by atoms with van der Waals surface area (Å²) < 4.78 is 10.2. The van der Waals surface area contributed by atoms with Crippen molar-refractivity contribution >= 4 is 22.8 Å². The molecule has 0 fully saturated rings. The third kappa shape index (κ3) is 5.39. The second-order valence-electron chi connectivity index (χ2n) is 6.92. The van der Waals surface area contributed by atoms with Crippen molar-refractivity contribution in [1.29, 1.82) is 0 Å². The Morgan fingerprint density at radius 2 is 1.52 bits per heavy atom. The molecule has 1 unspecified atom stereocenters. The fourth-order valence-corrected chi connectivity index (χ4v) is 6.02. The van der Waals surface area contributed by atoms with Gasteiger partial charge in [0.1, 0.15) is 5.76 Å². The van der Waals surface area contributed by atoms with Crippen molar-refractivity contribution in [2.24, 2.45) is 0 Å². The number of benzene rings is 2. The van der Waals surface area contributed by atoms with Crippen LogP contribution in [-0.4, -0.2) is 23.8 Å². The Morgan fingerprint density at radius 1 is 0.966 bits per heavy atom. The van der Waals surface area contributed by atoms with Crippen molar-refractivity contribution in [1.82, 2.24) is 0 Å². The van der Waals surface area contributed by atoms with Gasteiger partial charge in [0.25, 0.3) is 0 Å². The average molecular weight is 410 g/mol. The van der Waals surface area contributed by atoms with Gasteiger partial charge in [0, 0.05) is 13.3 Å². The molecule has 29 heavy (non-hydrogen) atoms. The minimum absolute atomic E-state index is 0.137. The van der Waals surface area contributed by atoms with E-state index in [0.717, 1.165) is 17.6 Å². The molecule has 0 aromatic heterocycles. The maximum atomic E-state index is 12.0. The van der Waals surface area contributed by atoms with Crippen LogP contribution < -0.4 is 0 Å². The zero-order chi connectivity index (χ0) is 20.8. The van der Waals surface area contributed by atoms with Gasteiger partial charge >= 0.3 is 11.9 Å². The van der Waals surface area contributed by atoms with Crippen molar-refractivity contribution in [3.8, 4) is 0 Å². The summed E-state index contributed by atoms with van der Waals surface area (Å²) in [4.78, 5) is 25.5. The first-order chi connectivity index (χ1) is 14.0. The lowest BCUT2D eigenvalue weighted by molar-refractivity contribution is -0.154. The number of esters is 2. The van der Waals surface area contributed by atoms with E-state index in [0.29, 0.717) is 5.76 Å². The SMILES string of the molecule is CC(=O)OCC(=O)OC1=C(C)CC([S+](c2ccccc2)c2ccccc2)C=C1C. The molecule has 0 bridgehead atoms. The quantitative estimate of drug-likeness (QED) is 0.507. The Morgan fingerprint density at radius 3 is 2.00 bits per heavy atom. The molecule has 0 amide bonds. The van der Waals surface area contributed by atoms with Crippen LogP contribution in [0.5, 0.6) is 0 Å². The van der Waals surface area contributed by atoms with E-state index in [9.17, 15) is 9.59 Å². The second kappa shape index (κ2) is 9.61. The molecule has 150 valence electrons. The number of allylic oxidation sites excluding steroid dienone is 2. The maximum Gasteiger partial charge on any atom is 0.349 e. The van der Waals surface area contributed by atoms with Crippen molar-refractivity contribution in [3.63, 3.8) is 0 Å². The number of carbonyl (C=O) groups excluding carboxylic acids is 2. The van der Waals surface area contributed by atoms with E-state index in [1.54, 1.807) is 0 Å². The van der Waals surface area contributed by atoms with Crippen LogP contribution >= 0.6 is 0 Å². The third-order valence-electron chi connectivity index (χ3n) is 4.60. The van der Waals surface area contributed by atoms with Gasteiger partial charge in [0.05, 0.1) is 10.9 Å². The average Bonchev–Trinajstić information content (AvgIpc) is 2.71. The van der Waals surface area contributed by atoms with E-state index in [1.807, 2.05) is 26.0 Å². The monoisotopic (exact) mass is 409 g/mol. The summed E-state index contributed by atoms with van der Waals surface area (Å²) in [5.41, 5.74) is 1.95. The summed E-state index contributed by atoms with van der Waals surface area (Å²) in [5.74, 6) is -0.479. The number of ether oxygens (including phenoxy) is 2. The van der Waals surface area contributed by atoms with E-state index in [2.05, 4.69) is 54.6 Å². The van der Waals surface area contributed by atoms with Gasteiger partial charge in [-0.1, -0.05) is 36.4 Å². The highest BCUT2D eigenvalue weighted by Crippen LogP contribution is 2.36. The Hall–Kier alpha value is -2.79. The molecule has 1 atom stereocenters. The van der Waals surface area contributed by atoms with Gasteiger partial charge < -0.3 is 9.47 Å². The molecule has 0 N–H and O–H groups in total. The lowest BCUT2D eigenvalue weighted by atomic mass is 9.99. The topological polar surface area (TPSA) is 52.6 Å². The summed E-state index contributed by atoms with van der Waals surface area (Å²) in [6, 6.07) is 21.0. The van der Waals surface area contributed by atoms with Crippen LogP contribution in [0.3, 0.4) is 0 Å². The first kappa shape index (κ1) is 20.9. The highest BCUT2D eigenvalue weighted by molar-refractivity contribution is 7.97. The smallest absolute Gasteiger partial charge is 0.349 e. The number of hydrogen-bond donors (Lipinski definition) is 0. The fraction of sp³-hybridized carbons (Fsp3) is 0.250. The minimum atomic E-state index is -0.564. The first-order valence-corrected chi connectivity index (χ1v) is 10.8. The summed E-state index contributed by atoms with van der Waals surface area (Å²) in [5, 5.41) is 0.274. The normalized spacial score (nSPS) is 16.4. The van der Waals surface area contributed by atoms with Crippen LogP contribution in [0.4, 0.5) is 0 Å². The van der Waals surface area contributed by atoms with Gasteiger partial charge in [-0.3, -0.25) is 4.79 Å². The predicted molar refractivity (Wildman–Crippen MR) is 114 cm³/mol. The zero-order valence-corrected chi connectivity index (χ0v) is 17.7. The fourth-order valence-electron chi connectivity index (χ4n) is 3.39. The van der Waals surface area contributed by atoms with Gasteiger partial charge in [-0.15, -0.1) is 0 Å². The van der Waals surface area contributed by atoms with Crippen LogP contribution in [0.1, 0.15) is 27.2 Å². The zero-order valence-electron chi connectivity index (χ0n) is 16.9. The first-order valence-electron chi connectivity index (χ1n) is 9.51. The molecule has 5 heteroatoms. The van der Waals surface area contributed by atoms with E-state index in [1.165, 1.54) is 16.7 Å². The van der Waals surface area contributed by atoms with Crippen LogP contribution in [0.15, 0.2) is 93.4 Å². The lowest BCUT2D eigenvalue weighted by Gasteiger charge is -2.24. The Balaban J connectivity index is 1.85. The van der Waals surface area contributed by atoms with Gasteiger partial charge in [-0.2, -0.15) is 0 Å². The standard InChI is InChI=1S/C24H25O4S/c1-17-14-22(15-18(2)24(17)28-23(26)16-27-19(3)25)29(20-10-6-4-7-11-20)21-12-8-5-9-13-21/h4-14,22H,15-16H2,1-3H3/q+1. The summed E-state index contributed by atoms with van der Waals surface area (Å²) in [6.45, 7) is 4.85. The van der Waals surface area contributed by atoms with Crippen LogP contribution in [-0.2, 0) is 30.0 Å². The number of carbonyl (C=O) groups is 2. The molecule has 0 spiro atoms. The molecule has 0 heterocycles. The van der Waals surface area contributed by atoms with Crippen LogP contribution in [0.25, 0.3) is 0 Å². The lowest BCUT2D eigenvalue weighted by Crippen LogP contribution is -2.25. The minimum Gasteiger partial charge on any atom is -0.454 e. The Kier molecular flexibility index (Phi) is 6.94.